The molecule has 2 aromatic carbocycles. The zero-order valence-corrected chi connectivity index (χ0v) is 15.7. The Morgan fingerprint density at radius 2 is 1.78 bits per heavy atom. The van der Waals surface area contributed by atoms with Gasteiger partial charge in [-0.25, -0.2) is 4.79 Å². The minimum absolute atomic E-state index is 0.285. The highest BCUT2D eigenvalue weighted by Crippen LogP contribution is 2.28. The lowest BCUT2D eigenvalue weighted by Crippen LogP contribution is -2.06. The SMILES string of the molecule is CO/C=C(\C(=O)OC)c1cccc(O/N=C(\C)N=Nc2ccccc2)c1C. The van der Waals surface area contributed by atoms with E-state index in [1.165, 1.54) is 20.5 Å². The molecule has 0 radical (unpaired) electrons. The number of amidine groups is 1. The van der Waals surface area contributed by atoms with Crippen LogP contribution in [0.4, 0.5) is 5.69 Å². The van der Waals surface area contributed by atoms with Gasteiger partial charge in [0.05, 0.1) is 26.2 Å². The molecule has 0 N–H and O–H groups in total. The fourth-order valence-electron chi connectivity index (χ4n) is 2.21. The molecule has 140 valence electrons. The number of methoxy groups -OCH3 is 2. The third kappa shape index (κ3) is 5.50. The van der Waals surface area contributed by atoms with E-state index in [0.29, 0.717) is 22.7 Å². The monoisotopic (exact) mass is 367 g/mol. The molecule has 2 rings (SSSR count). The van der Waals surface area contributed by atoms with Crippen molar-refractivity contribution >= 4 is 23.1 Å². The first-order valence-electron chi connectivity index (χ1n) is 8.16. The fourth-order valence-corrected chi connectivity index (χ4v) is 2.21. The minimum Gasteiger partial charge on any atom is -0.503 e. The number of ether oxygens (including phenoxy) is 2. The van der Waals surface area contributed by atoms with E-state index >= 15 is 0 Å². The molecule has 0 unspecified atom stereocenters. The van der Waals surface area contributed by atoms with Crippen molar-refractivity contribution < 1.29 is 19.1 Å². The highest BCUT2D eigenvalue weighted by molar-refractivity contribution is 6.16. The van der Waals surface area contributed by atoms with Crippen LogP contribution in [0, 0.1) is 6.92 Å². The van der Waals surface area contributed by atoms with Gasteiger partial charge in [-0.3, -0.25) is 0 Å². The third-order valence-corrected chi connectivity index (χ3v) is 3.56. The second-order valence-corrected chi connectivity index (χ2v) is 5.45. The quantitative estimate of drug-likeness (QED) is 0.141. The van der Waals surface area contributed by atoms with Gasteiger partial charge >= 0.3 is 5.97 Å². The number of rotatable bonds is 6. The Balaban J connectivity index is 2.21. The van der Waals surface area contributed by atoms with Crippen LogP contribution in [-0.2, 0) is 14.3 Å². The van der Waals surface area contributed by atoms with Gasteiger partial charge in [-0.15, -0.1) is 10.2 Å². The molecule has 7 nitrogen and oxygen atoms in total. The Labute approximate surface area is 158 Å². The Hall–Kier alpha value is -3.48. The number of esters is 1. The van der Waals surface area contributed by atoms with E-state index in [2.05, 4.69) is 15.4 Å². The molecular formula is C20H21N3O4. The summed E-state index contributed by atoms with van der Waals surface area (Å²) in [5.74, 6) is 0.324. The van der Waals surface area contributed by atoms with Gasteiger partial charge in [-0.1, -0.05) is 35.5 Å². The number of oxime groups is 1. The molecular weight excluding hydrogens is 346 g/mol. The van der Waals surface area contributed by atoms with E-state index in [1.54, 1.807) is 25.1 Å². The summed E-state index contributed by atoms with van der Waals surface area (Å²) < 4.78 is 9.79. The zero-order chi connectivity index (χ0) is 19.6. The lowest BCUT2D eigenvalue weighted by Gasteiger charge is -2.11. The lowest BCUT2D eigenvalue weighted by molar-refractivity contribution is -0.133. The molecule has 0 fully saturated rings. The molecule has 2 aromatic rings. The number of carbonyl (C=O) groups is 1. The normalized spacial score (nSPS) is 12.1. The summed E-state index contributed by atoms with van der Waals surface area (Å²) in [6, 6.07) is 14.6. The van der Waals surface area contributed by atoms with Crippen LogP contribution in [-0.4, -0.2) is 26.0 Å². The molecule has 0 saturated heterocycles. The van der Waals surface area contributed by atoms with Crippen molar-refractivity contribution in [1.29, 1.82) is 0 Å². The summed E-state index contributed by atoms with van der Waals surface area (Å²) in [5, 5.41) is 12.1. The first kappa shape index (κ1) is 19.8. The van der Waals surface area contributed by atoms with Gasteiger partial charge in [0.2, 0.25) is 0 Å². The Bertz CT molecular complexity index is 874. The van der Waals surface area contributed by atoms with Crippen LogP contribution >= 0.6 is 0 Å². The van der Waals surface area contributed by atoms with Crippen molar-refractivity contribution in [2.45, 2.75) is 13.8 Å². The highest BCUT2D eigenvalue weighted by atomic mass is 16.6. The molecule has 0 atom stereocenters. The summed E-state index contributed by atoms with van der Waals surface area (Å²) in [4.78, 5) is 17.5. The molecule has 27 heavy (non-hydrogen) atoms. The van der Waals surface area contributed by atoms with Crippen LogP contribution in [0.25, 0.3) is 5.57 Å². The van der Waals surface area contributed by atoms with Gasteiger partial charge in [0, 0.05) is 12.5 Å². The molecule has 0 spiro atoms. The van der Waals surface area contributed by atoms with Crippen LogP contribution in [0.3, 0.4) is 0 Å². The van der Waals surface area contributed by atoms with Gasteiger partial charge in [0.1, 0.15) is 5.57 Å². The Morgan fingerprint density at radius 1 is 1.04 bits per heavy atom. The molecule has 7 heteroatoms. The molecule has 0 aliphatic carbocycles. The van der Waals surface area contributed by atoms with Gasteiger partial charge in [0.25, 0.3) is 0 Å². The largest absolute Gasteiger partial charge is 0.503 e. The number of carbonyl (C=O) groups excluding carboxylic acids is 1. The lowest BCUT2D eigenvalue weighted by atomic mass is 10.0. The number of hydrogen-bond donors (Lipinski definition) is 0. The minimum atomic E-state index is -0.506. The van der Waals surface area contributed by atoms with Gasteiger partial charge in [0.15, 0.2) is 11.6 Å². The molecule has 0 aliphatic heterocycles. The van der Waals surface area contributed by atoms with Crippen molar-refractivity contribution in [1.82, 2.24) is 0 Å². The van der Waals surface area contributed by atoms with E-state index in [1.807, 2.05) is 37.3 Å². The molecule has 0 amide bonds. The van der Waals surface area contributed by atoms with Crippen molar-refractivity contribution in [3.63, 3.8) is 0 Å². The van der Waals surface area contributed by atoms with Gasteiger partial charge < -0.3 is 14.3 Å². The van der Waals surface area contributed by atoms with Crippen molar-refractivity contribution in [2.75, 3.05) is 14.2 Å². The average molecular weight is 367 g/mol. The van der Waals surface area contributed by atoms with E-state index in [9.17, 15) is 4.79 Å². The summed E-state index contributed by atoms with van der Waals surface area (Å²) in [6.45, 7) is 3.49. The van der Waals surface area contributed by atoms with Crippen LogP contribution < -0.4 is 4.84 Å². The standard InChI is InChI=1S/C20H21N3O4/c1-14-17(18(13-25-3)20(24)26-4)11-8-12-19(14)27-23-15(2)21-22-16-9-6-5-7-10-16/h5-13H,1-4H3/b18-13-,22-21?,23-15+. The zero-order valence-electron chi connectivity index (χ0n) is 15.7. The maximum Gasteiger partial charge on any atom is 0.341 e. The predicted molar refractivity (Wildman–Crippen MR) is 103 cm³/mol. The topological polar surface area (TPSA) is 81.8 Å². The Morgan fingerprint density at radius 3 is 2.44 bits per heavy atom. The summed E-state index contributed by atoms with van der Waals surface area (Å²) >= 11 is 0. The fraction of sp³-hybridized carbons (Fsp3) is 0.200. The highest BCUT2D eigenvalue weighted by Gasteiger charge is 2.17. The second kappa shape index (κ2) is 9.86. The van der Waals surface area contributed by atoms with Crippen molar-refractivity contribution in [3.8, 4) is 5.75 Å². The molecule has 0 aromatic heterocycles. The molecule has 0 heterocycles. The number of azo groups is 1. The third-order valence-electron chi connectivity index (χ3n) is 3.56. The maximum atomic E-state index is 12.0. The van der Waals surface area contributed by atoms with Crippen molar-refractivity contribution in [2.24, 2.45) is 15.4 Å². The van der Waals surface area contributed by atoms with E-state index in [-0.39, 0.29) is 5.57 Å². The van der Waals surface area contributed by atoms with E-state index in [4.69, 9.17) is 14.3 Å². The molecule has 0 bridgehead atoms. The van der Waals surface area contributed by atoms with Crippen molar-refractivity contribution in [3.05, 3.63) is 65.9 Å². The molecule has 0 aliphatic rings. The first-order valence-corrected chi connectivity index (χ1v) is 8.16. The van der Waals surface area contributed by atoms with Crippen LogP contribution in [0.1, 0.15) is 18.1 Å². The number of benzene rings is 2. The molecule has 0 saturated carbocycles. The van der Waals surface area contributed by atoms with E-state index in [0.717, 1.165) is 5.69 Å². The smallest absolute Gasteiger partial charge is 0.341 e. The summed E-state index contributed by atoms with van der Waals surface area (Å²) in [6.07, 6.45) is 1.33. The number of hydrogen-bond acceptors (Lipinski definition) is 6. The van der Waals surface area contributed by atoms with Gasteiger partial charge in [-0.2, -0.15) is 0 Å². The van der Waals surface area contributed by atoms with Crippen LogP contribution in [0.15, 0.2) is 70.2 Å². The summed E-state index contributed by atoms with van der Waals surface area (Å²) in [7, 11) is 2.77. The Kier molecular flexibility index (Phi) is 7.25. The second-order valence-electron chi connectivity index (χ2n) is 5.45. The first-order chi connectivity index (χ1) is 13.1. The van der Waals surface area contributed by atoms with E-state index < -0.39 is 5.97 Å². The maximum absolute atomic E-state index is 12.0. The van der Waals surface area contributed by atoms with Crippen LogP contribution in [0.2, 0.25) is 0 Å². The average Bonchev–Trinajstić information content (AvgIpc) is 2.70. The predicted octanol–water partition coefficient (Wildman–Crippen LogP) is 4.65. The number of nitrogens with zero attached hydrogens (tertiary/aromatic N) is 3. The van der Waals surface area contributed by atoms with Gasteiger partial charge in [-0.05, 0) is 30.7 Å². The van der Waals surface area contributed by atoms with Crippen LogP contribution in [0.5, 0.6) is 5.75 Å². The summed E-state index contributed by atoms with van der Waals surface area (Å²) in [5.41, 5.74) is 2.34.